The monoisotopic (exact) mass is 299 g/mol. The maximum absolute atomic E-state index is 11.6. The molecule has 0 aliphatic carbocycles. The summed E-state index contributed by atoms with van der Waals surface area (Å²) in [6.07, 6.45) is -0.134. The number of carbonyl (C=O) groups is 2. The summed E-state index contributed by atoms with van der Waals surface area (Å²) in [5.74, 6) is -1.11. The fourth-order valence-electron chi connectivity index (χ4n) is 1.50. The van der Waals surface area contributed by atoms with E-state index in [-0.39, 0.29) is 12.5 Å². The number of carbonyl (C=O) groups excluding carboxylic acids is 1. The Balaban J connectivity index is 2.63. The quantitative estimate of drug-likeness (QED) is 0.847. The number of amides is 1. The number of benzene rings is 1. The highest BCUT2D eigenvalue weighted by Gasteiger charge is 2.21. The van der Waals surface area contributed by atoms with Crippen molar-refractivity contribution in [3.8, 4) is 0 Å². The van der Waals surface area contributed by atoms with Gasteiger partial charge in [0.15, 0.2) is 0 Å². The number of carboxylic acid groups (broad SMARTS) is 1. The van der Waals surface area contributed by atoms with E-state index in [1.807, 2.05) is 6.92 Å². The average molecular weight is 300 g/mol. The van der Waals surface area contributed by atoms with Crippen LogP contribution in [-0.4, -0.2) is 29.3 Å². The number of hydrogen-bond donors (Lipinski definition) is 2. The van der Waals surface area contributed by atoms with Gasteiger partial charge in [0.25, 0.3) is 0 Å². The van der Waals surface area contributed by atoms with Crippen LogP contribution < -0.4 is 5.32 Å². The maximum atomic E-state index is 11.6. The Morgan fingerprint density at radius 2 is 1.95 bits per heavy atom. The SMILES string of the molecule is CCC(C)OC(=O)NC(Cc1ccc(Cl)cc1)C(=O)O. The molecule has 1 rings (SSSR count). The number of ether oxygens (including phenoxy) is 1. The molecule has 5 nitrogen and oxygen atoms in total. The van der Waals surface area contributed by atoms with Gasteiger partial charge in [0.05, 0.1) is 0 Å². The van der Waals surface area contributed by atoms with E-state index in [0.717, 1.165) is 5.56 Å². The first-order chi connectivity index (χ1) is 9.42. The molecule has 6 heteroatoms. The first-order valence-electron chi connectivity index (χ1n) is 6.36. The second kappa shape index (κ2) is 7.75. The van der Waals surface area contributed by atoms with Crippen molar-refractivity contribution < 1.29 is 19.4 Å². The van der Waals surface area contributed by atoms with Gasteiger partial charge in [-0.1, -0.05) is 30.7 Å². The minimum Gasteiger partial charge on any atom is -0.480 e. The van der Waals surface area contributed by atoms with Crippen LogP contribution in [0.4, 0.5) is 4.79 Å². The normalized spacial score (nSPS) is 13.3. The summed E-state index contributed by atoms with van der Waals surface area (Å²) >= 11 is 5.76. The first-order valence-corrected chi connectivity index (χ1v) is 6.74. The number of halogens is 1. The smallest absolute Gasteiger partial charge is 0.408 e. The van der Waals surface area contributed by atoms with Crippen LogP contribution in [0.15, 0.2) is 24.3 Å². The number of hydrogen-bond acceptors (Lipinski definition) is 3. The lowest BCUT2D eigenvalue weighted by atomic mass is 10.1. The second-order valence-corrected chi connectivity index (χ2v) is 4.93. The maximum Gasteiger partial charge on any atom is 0.408 e. The summed E-state index contributed by atoms with van der Waals surface area (Å²) < 4.78 is 5.00. The summed E-state index contributed by atoms with van der Waals surface area (Å²) in [5, 5.41) is 12.1. The lowest BCUT2D eigenvalue weighted by Crippen LogP contribution is -2.43. The third-order valence-electron chi connectivity index (χ3n) is 2.83. The molecule has 2 atom stereocenters. The molecule has 2 unspecified atom stereocenters. The van der Waals surface area contributed by atoms with Crippen LogP contribution in [0, 0.1) is 0 Å². The van der Waals surface area contributed by atoms with Crippen LogP contribution in [-0.2, 0) is 16.0 Å². The van der Waals surface area contributed by atoms with Crippen LogP contribution in [0.3, 0.4) is 0 Å². The van der Waals surface area contributed by atoms with Crippen LogP contribution in [0.25, 0.3) is 0 Å². The Hall–Kier alpha value is -1.75. The Labute approximate surface area is 122 Å². The van der Waals surface area contributed by atoms with Crippen LogP contribution in [0.2, 0.25) is 5.02 Å². The molecule has 110 valence electrons. The summed E-state index contributed by atoms with van der Waals surface area (Å²) in [4.78, 5) is 22.7. The average Bonchev–Trinajstić information content (AvgIpc) is 2.40. The zero-order valence-electron chi connectivity index (χ0n) is 11.4. The molecule has 20 heavy (non-hydrogen) atoms. The van der Waals surface area contributed by atoms with E-state index >= 15 is 0 Å². The molecule has 0 radical (unpaired) electrons. The molecule has 0 fully saturated rings. The van der Waals surface area contributed by atoms with Crippen molar-refractivity contribution in [1.29, 1.82) is 0 Å². The molecule has 0 saturated carbocycles. The highest BCUT2D eigenvalue weighted by molar-refractivity contribution is 6.30. The lowest BCUT2D eigenvalue weighted by molar-refractivity contribution is -0.139. The van der Waals surface area contributed by atoms with E-state index in [0.29, 0.717) is 11.4 Å². The van der Waals surface area contributed by atoms with E-state index in [1.54, 1.807) is 31.2 Å². The van der Waals surface area contributed by atoms with Crippen molar-refractivity contribution >= 4 is 23.7 Å². The van der Waals surface area contributed by atoms with Crippen molar-refractivity contribution in [2.24, 2.45) is 0 Å². The van der Waals surface area contributed by atoms with Gasteiger partial charge in [-0.05, 0) is 31.0 Å². The Morgan fingerprint density at radius 1 is 1.35 bits per heavy atom. The van der Waals surface area contributed by atoms with Crippen LogP contribution in [0.5, 0.6) is 0 Å². The van der Waals surface area contributed by atoms with Crippen LogP contribution in [0.1, 0.15) is 25.8 Å². The Kier molecular flexibility index (Phi) is 6.31. The second-order valence-electron chi connectivity index (χ2n) is 4.49. The van der Waals surface area contributed by atoms with Gasteiger partial charge in [0.2, 0.25) is 0 Å². The predicted molar refractivity (Wildman–Crippen MR) is 75.9 cm³/mol. The van der Waals surface area contributed by atoms with Gasteiger partial charge in [-0.3, -0.25) is 0 Å². The van der Waals surface area contributed by atoms with Gasteiger partial charge in [0, 0.05) is 11.4 Å². The molecular formula is C14H18ClNO4. The van der Waals surface area contributed by atoms with Crippen molar-refractivity contribution in [3.05, 3.63) is 34.9 Å². The standard InChI is InChI=1S/C14H18ClNO4/c1-3-9(2)20-14(19)16-12(13(17)18)8-10-4-6-11(15)7-5-10/h4-7,9,12H,3,8H2,1-2H3,(H,16,19)(H,17,18). The van der Waals surface area contributed by atoms with Crippen molar-refractivity contribution in [1.82, 2.24) is 5.32 Å². The number of rotatable bonds is 6. The van der Waals surface area contributed by atoms with Crippen LogP contribution >= 0.6 is 11.6 Å². The fourth-order valence-corrected chi connectivity index (χ4v) is 1.62. The molecule has 1 amide bonds. The number of carboxylic acids is 1. The number of nitrogens with one attached hydrogen (secondary N) is 1. The molecule has 1 aromatic rings. The van der Waals surface area contributed by atoms with E-state index in [2.05, 4.69) is 5.32 Å². The third-order valence-corrected chi connectivity index (χ3v) is 3.08. The molecule has 2 N–H and O–H groups in total. The van der Waals surface area contributed by atoms with Gasteiger partial charge in [0.1, 0.15) is 12.1 Å². The van der Waals surface area contributed by atoms with E-state index in [1.165, 1.54) is 0 Å². The van der Waals surface area contributed by atoms with E-state index < -0.39 is 18.1 Å². The number of alkyl carbamates (subject to hydrolysis) is 1. The Bertz CT molecular complexity index is 461. The van der Waals surface area contributed by atoms with Crippen molar-refractivity contribution in [2.75, 3.05) is 0 Å². The van der Waals surface area contributed by atoms with Gasteiger partial charge < -0.3 is 15.2 Å². The zero-order chi connectivity index (χ0) is 15.1. The third kappa shape index (κ3) is 5.48. The molecular weight excluding hydrogens is 282 g/mol. The van der Waals surface area contributed by atoms with Gasteiger partial charge in [-0.2, -0.15) is 0 Å². The Morgan fingerprint density at radius 3 is 2.45 bits per heavy atom. The zero-order valence-corrected chi connectivity index (χ0v) is 12.2. The molecule has 1 aromatic carbocycles. The summed E-state index contributed by atoms with van der Waals surface area (Å²) in [7, 11) is 0. The predicted octanol–water partition coefficient (Wildman–Crippen LogP) is 2.86. The van der Waals surface area contributed by atoms with E-state index in [4.69, 9.17) is 21.4 Å². The van der Waals surface area contributed by atoms with E-state index in [9.17, 15) is 9.59 Å². The molecule has 0 saturated heterocycles. The lowest BCUT2D eigenvalue weighted by Gasteiger charge is -2.17. The molecule has 0 aliphatic rings. The molecule has 0 spiro atoms. The van der Waals surface area contributed by atoms with Crippen molar-refractivity contribution in [2.45, 2.75) is 38.8 Å². The molecule has 0 aliphatic heterocycles. The molecule has 0 heterocycles. The highest BCUT2D eigenvalue weighted by atomic mass is 35.5. The largest absolute Gasteiger partial charge is 0.480 e. The summed E-state index contributed by atoms with van der Waals surface area (Å²) in [6, 6.07) is 5.76. The summed E-state index contributed by atoms with van der Waals surface area (Å²) in [6.45, 7) is 3.62. The minimum atomic E-state index is -1.11. The summed E-state index contributed by atoms with van der Waals surface area (Å²) in [5.41, 5.74) is 0.769. The minimum absolute atomic E-state index is 0.169. The topological polar surface area (TPSA) is 75.6 Å². The van der Waals surface area contributed by atoms with Gasteiger partial charge in [-0.25, -0.2) is 9.59 Å². The molecule has 0 aromatic heterocycles. The number of aliphatic carboxylic acids is 1. The highest BCUT2D eigenvalue weighted by Crippen LogP contribution is 2.11. The fraction of sp³-hybridized carbons (Fsp3) is 0.429. The molecule has 0 bridgehead atoms. The van der Waals surface area contributed by atoms with Gasteiger partial charge >= 0.3 is 12.1 Å². The first kappa shape index (κ1) is 16.3. The van der Waals surface area contributed by atoms with Gasteiger partial charge in [-0.15, -0.1) is 0 Å². The van der Waals surface area contributed by atoms with Crippen molar-refractivity contribution in [3.63, 3.8) is 0 Å².